The molecule has 2 N–H and O–H groups in total. The fourth-order valence-corrected chi connectivity index (χ4v) is 2.00. The molecule has 0 aliphatic rings. The monoisotopic (exact) mass is 212 g/mol. The van der Waals surface area contributed by atoms with Crippen LogP contribution in [0.5, 0.6) is 0 Å². The lowest BCUT2D eigenvalue weighted by atomic mass is 9.59. The van der Waals surface area contributed by atoms with Crippen molar-refractivity contribution in [2.24, 2.45) is 0 Å². The second kappa shape index (κ2) is 4.02. The SMILES string of the molecule is BC(B)(Cc1c[nH]c2ccc(C)cc12)NC. The van der Waals surface area contributed by atoms with Crippen LogP contribution in [0.3, 0.4) is 0 Å². The number of likely N-dealkylation sites (N-methyl/N-ethyl adjacent to an activating group) is 1. The highest BCUT2D eigenvalue weighted by molar-refractivity contribution is 6.40. The van der Waals surface area contributed by atoms with Gasteiger partial charge in [0.25, 0.3) is 0 Å². The maximum Gasteiger partial charge on any atom is 0.117 e. The van der Waals surface area contributed by atoms with Crippen LogP contribution in [0.15, 0.2) is 24.4 Å². The molecule has 0 aliphatic heterocycles. The van der Waals surface area contributed by atoms with E-state index in [9.17, 15) is 0 Å². The topological polar surface area (TPSA) is 27.8 Å². The quantitative estimate of drug-likeness (QED) is 0.696. The van der Waals surface area contributed by atoms with Crippen molar-refractivity contribution in [1.29, 1.82) is 0 Å². The third-order valence-electron chi connectivity index (χ3n) is 3.23. The van der Waals surface area contributed by atoms with E-state index < -0.39 is 0 Å². The molecule has 2 rings (SSSR count). The van der Waals surface area contributed by atoms with Gasteiger partial charge in [0, 0.05) is 17.1 Å². The van der Waals surface area contributed by atoms with Gasteiger partial charge in [0.05, 0.1) is 0 Å². The molecule has 1 aromatic heterocycles. The minimum Gasteiger partial charge on any atom is -0.361 e. The summed E-state index contributed by atoms with van der Waals surface area (Å²) in [6, 6.07) is 6.55. The van der Waals surface area contributed by atoms with Gasteiger partial charge in [0.15, 0.2) is 0 Å². The molecular weight excluding hydrogens is 194 g/mol. The predicted molar refractivity (Wildman–Crippen MR) is 75.6 cm³/mol. The molecule has 16 heavy (non-hydrogen) atoms. The molecule has 1 aromatic carbocycles. The van der Waals surface area contributed by atoms with E-state index in [4.69, 9.17) is 0 Å². The number of hydrogen-bond acceptors (Lipinski definition) is 1. The summed E-state index contributed by atoms with van der Waals surface area (Å²) >= 11 is 0. The van der Waals surface area contributed by atoms with Crippen LogP contribution in [0, 0.1) is 6.92 Å². The minimum absolute atomic E-state index is 0.138. The molecule has 1 heterocycles. The zero-order chi connectivity index (χ0) is 11.8. The number of aryl methyl sites for hydroxylation is 1. The van der Waals surface area contributed by atoms with E-state index in [1.165, 1.54) is 22.0 Å². The lowest BCUT2D eigenvalue weighted by Crippen LogP contribution is -2.46. The van der Waals surface area contributed by atoms with E-state index >= 15 is 0 Å². The highest BCUT2D eigenvalue weighted by atomic mass is 14.9. The Morgan fingerprint density at radius 3 is 2.81 bits per heavy atom. The average molecular weight is 212 g/mol. The lowest BCUT2D eigenvalue weighted by molar-refractivity contribution is 0.661. The summed E-state index contributed by atoms with van der Waals surface area (Å²) in [4.78, 5) is 3.33. The van der Waals surface area contributed by atoms with Crippen LogP contribution < -0.4 is 5.32 Å². The number of hydrogen-bond donors (Lipinski definition) is 2. The van der Waals surface area contributed by atoms with Gasteiger partial charge in [0.1, 0.15) is 15.7 Å². The molecular formula is C12H18B2N2. The summed E-state index contributed by atoms with van der Waals surface area (Å²) in [7, 11) is 6.46. The number of nitrogens with one attached hydrogen (secondary N) is 2. The Labute approximate surface area is 98.6 Å². The molecule has 0 saturated carbocycles. The maximum atomic E-state index is 3.35. The van der Waals surface area contributed by atoms with Gasteiger partial charge < -0.3 is 10.3 Å². The van der Waals surface area contributed by atoms with Gasteiger partial charge in [-0.15, -0.1) is 0 Å². The van der Waals surface area contributed by atoms with Crippen molar-refractivity contribution in [2.75, 3.05) is 7.05 Å². The van der Waals surface area contributed by atoms with E-state index in [0.29, 0.717) is 0 Å². The first-order chi connectivity index (χ1) is 7.52. The number of rotatable bonds is 3. The number of aromatic nitrogens is 1. The van der Waals surface area contributed by atoms with E-state index in [1.54, 1.807) is 0 Å². The van der Waals surface area contributed by atoms with Crippen molar-refractivity contribution in [3.63, 3.8) is 0 Å². The second-order valence-electron chi connectivity index (χ2n) is 5.17. The van der Waals surface area contributed by atoms with Gasteiger partial charge in [-0.2, -0.15) is 0 Å². The Morgan fingerprint density at radius 1 is 1.38 bits per heavy atom. The van der Waals surface area contributed by atoms with Crippen LogP contribution in [0.2, 0.25) is 0 Å². The maximum absolute atomic E-state index is 3.35. The Bertz CT molecular complexity index is 503. The van der Waals surface area contributed by atoms with Crippen LogP contribution in [0.1, 0.15) is 11.1 Å². The Morgan fingerprint density at radius 2 is 2.12 bits per heavy atom. The molecule has 0 spiro atoms. The third kappa shape index (κ3) is 2.17. The smallest absolute Gasteiger partial charge is 0.117 e. The molecule has 0 unspecified atom stereocenters. The zero-order valence-corrected chi connectivity index (χ0v) is 10.5. The van der Waals surface area contributed by atoms with Crippen molar-refractivity contribution in [2.45, 2.75) is 18.7 Å². The summed E-state index contributed by atoms with van der Waals surface area (Å²) in [5, 5.41) is 4.83. The van der Waals surface area contributed by atoms with Gasteiger partial charge >= 0.3 is 0 Å². The van der Waals surface area contributed by atoms with Crippen LogP contribution in [-0.4, -0.2) is 33.1 Å². The zero-order valence-electron chi connectivity index (χ0n) is 10.5. The first-order valence-corrected chi connectivity index (χ1v) is 5.77. The molecule has 0 amide bonds. The first kappa shape index (κ1) is 11.3. The number of fused-ring (bicyclic) bond motifs is 1. The fourth-order valence-electron chi connectivity index (χ4n) is 2.00. The van der Waals surface area contributed by atoms with Gasteiger partial charge in [-0.3, -0.25) is 0 Å². The van der Waals surface area contributed by atoms with Gasteiger partial charge in [-0.05, 0) is 43.4 Å². The molecule has 0 fully saturated rings. The number of aromatic amines is 1. The summed E-state index contributed by atoms with van der Waals surface area (Å²) in [5.41, 5.74) is 3.93. The van der Waals surface area contributed by atoms with Crippen molar-refractivity contribution in [3.8, 4) is 0 Å². The van der Waals surface area contributed by atoms with Crippen LogP contribution in [0.25, 0.3) is 10.9 Å². The highest BCUT2D eigenvalue weighted by Gasteiger charge is 2.17. The fraction of sp³-hybridized carbons (Fsp3) is 0.333. The summed E-state index contributed by atoms with van der Waals surface area (Å²) in [6.07, 6.45) is 3.16. The van der Waals surface area contributed by atoms with Crippen LogP contribution in [0.4, 0.5) is 0 Å². The standard InChI is InChI=1S/C12H18B2N2/c1-8-3-4-11-10(5-8)9(7-16-11)6-12(13,14)15-2/h3-5,7,15-16H,6,13-14H2,1-2H3. The van der Waals surface area contributed by atoms with Gasteiger partial charge in [-0.25, -0.2) is 0 Å². The molecule has 0 aliphatic carbocycles. The molecule has 82 valence electrons. The third-order valence-corrected chi connectivity index (χ3v) is 3.23. The van der Waals surface area contributed by atoms with Gasteiger partial charge in [0.2, 0.25) is 0 Å². The van der Waals surface area contributed by atoms with Crippen LogP contribution >= 0.6 is 0 Å². The molecule has 4 heteroatoms. The summed E-state index contributed by atoms with van der Waals surface area (Å²) < 4.78 is 0. The Balaban J connectivity index is 2.41. The second-order valence-corrected chi connectivity index (χ2v) is 5.17. The van der Waals surface area contributed by atoms with Crippen molar-refractivity contribution in [3.05, 3.63) is 35.5 Å². The number of benzene rings is 1. The largest absolute Gasteiger partial charge is 0.361 e. The molecule has 0 radical (unpaired) electrons. The molecule has 0 saturated heterocycles. The van der Waals surface area contributed by atoms with E-state index in [1.807, 2.05) is 7.05 Å². The van der Waals surface area contributed by atoms with E-state index in [2.05, 4.69) is 57.3 Å². The predicted octanol–water partition coefficient (Wildman–Crippen LogP) is 0.158. The van der Waals surface area contributed by atoms with Crippen molar-refractivity contribution in [1.82, 2.24) is 10.3 Å². The average Bonchev–Trinajstić information content (AvgIpc) is 2.61. The molecule has 2 nitrogen and oxygen atoms in total. The van der Waals surface area contributed by atoms with Gasteiger partial charge in [-0.1, -0.05) is 11.6 Å². The van der Waals surface area contributed by atoms with Crippen LogP contribution in [-0.2, 0) is 6.42 Å². The summed E-state index contributed by atoms with van der Waals surface area (Å²) in [6.45, 7) is 2.14. The molecule has 0 atom stereocenters. The normalized spacial score (nSPS) is 12.1. The van der Waals surface area contributed by atoms with E-state index in [-0.39, 0.29) is 5.34 Å². The van der Waals surface area contributed by atoms with Crippen molar-refractivity contribution >= 4 is 26.6 Å². The van der Waals surface area contributed by atoms with Crippen molar-refractivity contribution < 1.29 is 0 Å². The Hall–Kier alpha value is -1.15. The summed E-state index contributed by atoms with van der Waals surface area (Å²) in [5.74, 6) is 0. The molecule has 2 aromatic rings. The first-order valence-electron chi connectivity index (χ1n) is 5.77. The Kier molecular flexibility index (Phi) is 2.85. The number of H-pyrrole nitrogens is 1. The molecule has 0 bridgehead atoms. The van der Waals surface area contributed by atoms with E-state index in [0.717, 1.165) is 6.42 Å². The highest BCUT2D eigenvalue weighted by Crippen LogP contribution is 2.21. The minimum atomic E-state index is 0.138. The lowest BCUT2D eigenvalue weighted by Gasteiger charge is -2.23.